The molecular formula is C16H14N2O6. The van der Waals surface area contributed by atoms with Crippen LogP contribution in [0.3, 0.4) is 0 Å². The third-order valence-electron chi connectivity index (χ3n) is 3.05. The van der Waals surface area contributed by atoms with Crippen molar-refractivity contribution in [1.29, 1.82) is 0 Å². The average Bonchev–Trinajstić information content (AvgIpc) is 2.53. The SMILES string of the molecule is CC#CCON(CC(=O)O)C(=O)n1c(=O)cc(O)c2ccccc21. The van der Waals surface area contributed by atoms with Gasteiger partial charge in [0.2, 0.25) is 0 Å². The molecule has 0 saturated carbocycles. The first-order chi connectivity index (χ1) is 11.5. The number of aromatic nitrogens is 1. The summed E-state index contributed by atoms with van der Waals surface area (Å²) >= 11 is 0. The molecule has 0 aliphatic rings. The van der Waals surface area contributed by atoms with Crippen LogP contribution in [0.2, 0.25) is 0 Å². The minimum Gasteiger partial charge on any atom is -0.507 e. The van der Waals surface area contributed by atoms with Crippen LogP contribution >= 0.6 is 0 Å². The lowest BCUT2D eigenvalue weighted by atomic mass is 10.2. The van der Waals surface area contributed by atoms with E-state index in [1.807, 2.05) is 0 Å². The number of carboxylic acid groups (broad SMARTS) is 1. The van der Waals surface area contributed by atoms with Gasteiger partial charge in [-0.2, -0.15) is 5.06 Å². The largest absolute Gasteiger partial charge is 0.507 e. The van der Waals surface area contributed by atoms with Gasteiger partial charge < -0.3 is 10.2 Å². The summed E-state index contributed by atoms with van der Waals surface area (Å²) in [5.74, 6) is 3.48. The Hall–Kier alpha value is -3.31. The highest BCUT2D eigenvalue weighted by molar-refractivity contribution is 5.93. The van der Waals surface area contributed by atoms with Crippen molar-refractivity contribution in [2.45, 2.75) is 6.92 Å². The third-order valence-corrected chi connectivity index (χ3v) is 3.05. The zero-order valence-electron chi connectivity index (χ0n) is 12.7. The highest BCUT2D eigenvalue weighted by atomic mass is 16.7. The Morgan fingerprint density at radius 2 is 2.04 bits per heavy atom. The molecule has 2 N–H and O–H groups in total. The van der Waals surface area contributed by atoms with Crippen molar-refractivity contribution < 1.29 is 24.6 Å². The van der Waals surface area contributed by atoms with Crippen LogP contribution in [0.15, 0.2) is 35.1 Å². The zero-order valence-corrected chi connectivity index (χ0v) is 12.7. The van der Waals surface area contributed by atoms with Gasteiger partial charge in [0.1, 0.15) is 18.9 Å². The first-order valence-corrected chi connectivity index (χ1v) is 6.85. The number of benzene rings is 1. The van der Waals surface area contributed by atoms with Crippen molar-refractivity contribution in [2.75, 3.05) is 13.2 Å². The van der Waals surface area contributed by atoms with Crippen LogP contribution in [0.1, 0.15) is 6.92 Å². The van der Waals surface area contributed by atoms with E-state index >= 15 is 0 Å². The maximum absolute atomic E-state index is 12.6. The lowest BCUT2D eigenvalue weighted by Crippen LogP contribution is -2.42. The van der Waals surface area contributed by atoms with Crippen LogP contribution in [0.4, 0.5) is 4.79 Å². The predicted octanol–water partition coefficient (Wildman–Crippen LogP) is 1.02. The first-order valence-electron chi connectivity index (χ1n) is 6.85. The average molecular weight is 330 g/mol. The maximum Gasteiger partial charge on any atom is 0.356 e. The second-order valence-corrected chi connectivity index (χ2v) is 4.63. The molecule has 0 fully saturated rings. The minimum atomic E-state index is -1.32. The van der Waals surface area contributed by atoms with E-state index < -0.39 is 24.1 Å². The third kappa shape index (κ3) is 3.53. The molecule has 0 aliphatic heterocycles. The van der Waals surface area contributed by atoms with Gasteiger partial charge in [-0.25, -0.2) is 9.36 Å². The Balaban J connectivity index is 2.52. The molecule has 0 saturated heterocycles. The molecule has 0 bridgehead atoms. The summed E-state index contributed by atoms with van der Waals surface area (Å²) in [7, 11) is 0. The second-order valence-electron chi connectivity index (χ2n) is 4.63. The molecule has 1 heterocycles. The van der Waals surface area contributed by atoms with Crippen LogP contribution < -0.4 is 5.56 Å². The fourth-order valence-corrected chi connectivity index (χ4v) is 2.05. The van der Waals surface area contributed by atoms with Gasteiger partial charge in [-0.15, -0.1) is 5.92 Å². The number of hydroxylamine groups is 2. The summed E-state index contributed by atoms with van der Waals surface area (Å²) in [5, 5.41) is 19.6. The number of amides is 1. The van der Waals surface area contributed by atoms with E-state index in [-0.39, 0.29) is 23.3 Å². The number of carbonyl (C=O) groups is 2. The van der Waals surface area contributed by atoms with Gasteiger partial charge in [-0.1, -0.05) is 18.1 Å². The molecule has 24 heavy (non-hydrogen) atoms. The Kier molecular flexibility index (Phi) is 5.19. The lowest BCUT2D eigenvalue weighted by Gasteiger charge is -2.20. The Morgan fingerprint density at radius 1 is 1.33 bits per heavy atom. The number of para-hydroxylation sites is 1. The molecule has 8 heteroatoms. The minimum absolute atomic E-state index is 0.132. The van der Waals surface area contributed by atoms with Gasteiger partial charge in [-0.05, 0) is 19.1 Å². The molecule has 0 spiro atoms. The van der Waals surface area contributed by atoms with Gasteiger partial charge in [0, 0.05) is 11.5 Å². The van der Waals surface area contributed by atoms with E-state index in [1.54, 1.807) is 19.1 Å². The second kappa shape index (κ2) is 7.30. The number of carbonyl (C=O) groups excluding carboxylic acids is 1. The molecule has 2 aromatic rings. The van der Waals surface area contributed by atoms with Crippen molar-refractivity contribution in [3.05, 3.63) is 40.7 Å². The number of hydrogen-bond donors (Lipinski definition) is 2. The molecule has 2 rings (SSSR count). The molecule has 124 valence electrons. The topological polar surface area (TPSA) is 109 Å². The van der Waals surface area contributed by atoms with Crippen LogP contribution in [0.25, 0.3) is 10.9 Å². The quantitative estimate of drug-likeness (QED) is 0.640. The van der Waals surface area contributed by atoms with Crippen LogP contribution in [0.5, 0.6) is 5.75 Å². The highest BCUT2D eigenvalue weighted by Gasteiger charge is 2.23. The highest BCUT2D eigenvalue weighted by Crippen LogP contribution is 2.22. The summed E-state index contributed by atoms with van der Waals surface area (Å²) in [4.78, 5) is 40.7. The number of aliphatic carboxylic acids is 1. The van der Waals surface area contributed by atoms with Crippen molar-refractivity contribution in [1.82, 2.24) is 9.63 Å². The number of rotatable bonds is 4. The van der Waals surface area contributed by atoms with Crippen LogP contribution in [0, 0.1) is 11.8 Å². The number of hydrogen-bond acceptors (Lipinski definition) is 5. The van der Waals surface area contributed by atoms with Gasteiger partial charge in [-0.3, -0.25) is 14.4 Å². The molecule has 1 aromatic heterocycles. The normalized spacial score (nSPS) is 10.0. The van der Waals surface area contributed by atoms with Crippen molar-refractivity contribution >= 4 is 22.9 Å². The number of carboxylic acids is 1. The van der Waals surface area contributed by atoms with E-state index in [9.17, 15) is 19.5 Å². The molecule has 0 aliphatic carbocycles. The summed E-state index contributed by atoms with van der Waals surface area (Å²) in [6.07, 6.45) is 0. The van der Waals surface area contributed by atoms with E-state index in [2.05, 4.69) is 11.8 Å². The van der Waals surface area contributed by atoms with Gasteiger partial charge >= 0.3 is 12.0 Å². The molecule has 1 aromatic carbocycles. The van der Waals surface area contributed by atoms with Crippen LogP contribution in [-0.2, 0) is 9.63 Å². The summed E-state index contributed by atoms with van der Waals surface area (Å²) in [6, 6.07) is 6.08. The number of pyridine rings is 1. The predicted molar refractivity (Wildman–Crippen MR) is 84.4 cm³/mol. The molecule has 0 radical (unpaired) electrons. The van der Waals surface area contributed by atoms with Crippen molar-refractivity contribution in [2.24, 2.45) is 0 Å². The van der Waals surface area contributed by atoms with E-state index in [4.69, 9.17) is 9.94 Å². The van der Waals surface area contributed by atoms with E-state index in [1.165, 1.54) is 12.1 Å². The molecule has 0 atom stereocenters. The molecule has 8 nitrogen and oxygen atoms in total. The van der Waals surface area contributed by atoms with E-state index in [0.29, 0.717) is 5.06 Å². The Morgan fingerprint density at radius 3 is 2.71 bits per heavy atom. The Bertz CT molecular complexity index is 906. The van der Waals surface area contributed by atoms with Gasteiger partial charge in [0.15, 0.2) is 0 Å². The monoisotopic (exact) mass is 330 g/mol. The number of aromatic hydroxyl groups is 1. The smallest absolute Gasteiger partial charge is 0.356 e. The van der Waals surface area contributed by atoms with Crippen LogP contribution in [-0.4, -0.2) is 45.0 Å². The molecule has 1 amide bonds. The standard InChI is InChI=1S/C16H14N2O6/c1-2-3-8-24-17(10-15(21)22)16(23)18-12-7-5-4-6-11(12)13(19)9-14(18)20/h4-7,9,19H,8,10H2,1H3,(H,21,22). The number of nitrogens with zero attached hydrogens (tertiary/aromatic N) is 2. The Labute approximate surface area is 136 Å². The first kappa shape index (κ1) is 17.1. The van der Waals surface area contributed by atoms with Crippen molar-refractivity contribution in [3.8, 4) is 17.6 Å². The van der Waals surface area contributed by atoms with Gasteiger partial charge in [0.25, 0.3) is 5.56 Å². The molecular weight excluding hydrogens is 316 g/mol. The van der Waals surface area contributed by atoms with Gasteiger partial charge in [0.05, 0.1) is 5.52 Å². The summed E-state index contributed by atoms with van der Waals surface area (Å²) in [5.41, 5.74) is -0.676. The molecule has 0 unspecified atom stereocenters. The maximum atomic E-state index is 12.6. The van der Waals surface area contributed by atoms with E-state index in [0.717, 1.165) is 10.6 Å². The fourth-order valence-electron chi connectivity index (χ4n) is 2.05. The summed E-state index contributed by atoms with van der Waals surface area (Å²) < 4.78 is 0.733. The van der Waals surface area contributed by atoms with Crippen molar-refractivity contribution in [3.63, 3.8) is 0 Å². The lowest BCUT2D eigenvalue weighted by molar-refractivity contribution is -0.153. The zero-order chi connectivity index (χ0) is 17.7. The summed E-state index contributed by atoms with van der Waals surface area (Å²) in [6.45, 7) is 0.580. The number of fused-ring (bicyclic) bond motifs is 1. The fraction of sp³-hybridized carbons (Fsp3) is 0.188.